The monoisotopic (exact) mass is 248 g/mol. The van der Waals surface area contributed by atoms with Gasteiger partial charge in [0.05, 0.1) is 12.7 Å². The Balaban J connectivity index is 0.00000137. The predicted octanol–water partition coefficient (Wildman–Crippen LogP) is 4.06. The summed E-state index contributed by atoms with van der Waals surface area (Å²) >= 11 is 0. The van der Waals surface area contributed by atoms with Gasteiger partial charge < -0.3 is 9.39 Å². The minimum absolute atomic E-state index is 0.164. The van der Waals surface area contributed by atoms with E-state index < -0.39 is 0 Å². The van der Waals surface area contributed by atoms with E-state index in [0.717, 1.165) is 18.6 Å². The molecule has 0 bridgehead atoms. The molecule has 0 fully saturated rings. The summed E-state index contributed by atoms with van der Waals surface area (Å²) < 4.78 is 10.5. The SMILES string of the molecule is CC.[B]OC(COCCCCC)c1ccccc1. The van der Waals surface area contributed by atoms with Crippen molar-refractivity contribution < 1.29 is 9.39 Å². The van der Waals surface area contributed by atoms with Gasteiger partial charge in [-0.15, -0.1) is 0 Å². The van der Waals surface area contributed by atoms with Crippen LogP contribution in [0.25, 0.3) is 0 Å². The van der Waals surface area contributed by atoms with E-state index in [-0.39, 0.29) is 6.10 Å². The summed E-state index contributed by atoms with van der Waals surface area (Å²) in [4.78, 5) is 0. The number of unbranched alkanes of at least 4 members (excludes halogenated alkanes) is 2. The summed E-state index contributed by atoms with van der Waals surface area (Å²) in [5.41, 5.74) is 1.06. The van der Waals surface area contributed by atoms with Crippen LogP contribution in [0.2, 0.25) is 0 Å². The summed E-state index contributed by atoms with van der Waals surface area (Å²) in [6, 6.07) is 9.90. The van der Waals surface area contributed by atoms with Crippen LogP contribution >= 0.6 is 0 Å². The maximum Gasteiger partial charge on any atom is 0.283 e. The third-order valence-electron chi connectivity index (χ3n) is 2.50. The predicted molar refractivity (Wildman–Crippen MR) is 77.7 cm³/mol. The highest BCUT2D eigenvalue weighted by Gasteiger charge is 2.08. The summed E-state index contributed by atoms with van der Waals surface area (Å²) in [6.45, 7) is 7.47. The van der Waals surface area contributed by atoms with Crippen molar-refractivity contribution in [1.29, 1.82) is 0 Å². The maximum absolute atomic E-state index is 5.54. The van der Waals surface area contributed by atoms with Gasteiger partial charge in [-0.2, -0.15) is 0 Å². The lowest BCUT2D eigenvalue weighted by Gasteiger charge is -2.16. The van der Waals surface area contributed by atoms with Gasteiger partial charge in [0.2, 0.25) is 0 Å². The van der Waals surface area contributed by atoms with Crippen LogP contribution in [-0.4, -0.2) is 21.3 Å². The maximum atomic E-state index is 5.54. The zero-order valence-electron chi connectivity index (χ0n) is 11.9. The molecule has 0 N–H and O–H groups in total. The zero-order valence-corrected chi connectivity index (χ0v) is 11.9. The third-order valence-corrected chi connectivity index (χ3v) is 2.50. The lowest BCUT2D eigenvalue weighted by Crippen LogP contribution is -2.11. The Kier molecular flexibility index (Phi) is 12.1. The molecule has 1 aromatic rings. The van der Waals surface area contributed by atoms with E-state index in [1.54, 1.807) is 0 Å². The number of benzene rings is 1. The number of hydrogen-bond acceptors (Lipinski definition) is 2. The highest BCUT2D eigenvalue weighted by Crippen LogP contribution is 2.16. The van der Waals surface area contributed by atoms with Crippen molar-refractivity contribution in [2.24, 2.45) is 0 Å². The largest absolute Gasteiger partial charge is 0.439 e. The first-order valence-corrected chi connectivity index (χ1v) is 6.86. The summed E-state index contributed by atoms with van der Waals surface area (Å²) in [7, 11) is 5.27. The third kappa shape index (κ3) is 7.52. The van der Waals surface area contributed by atoms with Crippen LogP contribution in [0.15, 0.2) is 30.3 Å². The molecule has 1 atom stereocenters. The van der Waals surface area contributed by atoms with Crippen LogP contribution in [0, 0.1) is 0 Å². The van der Waals surface area contributed by atoms with Crippen LogP contribution in [0.4, 0.5) is 0 Å². The lowest BCUT2D eigenvalue weighted by atomic mass is 10.1. The Morgan fingerprint density at radius 2 is 1.78 bits per heavy atom. The van der Waals surface area contributed by atoms with Crippen molar-refractivity contribution in [3.8, 4) is 0 Å². The molecule has 0 aliphatic carbocycles. The highest BCUT2D eigenvalue weighted by molar-refractivity contribution is 5.98. The average molecular weight is 248 g/mol. The van der Waals surface area contributed by atoms with Crippen LogP contribution in [0.5, 0.6) is 0 Å². The van der Waals surface area contributed by atoms with Crippen LogP contribution in [0.3, 0.4) is 0 Å². The summed E-state index contributed by atoms with van der Waals surface area (Å²) in [5, 5.41) is 0. The molecule has 1 unspecified atom stereocenters. The zero-order chi connectivity index (χ0) is 13.6. The fourth-order valence-corrected chi connectivity index (χ4v) is 1.53. The molecule has 0 spiro atoms. The summed E-state index contributed by atoms with van der Waals surface area (Å²) in [5.74, 6) is 0. The van der Waals surface area contributed by atoms with Crippen molar-refractivity contribution in [1.82, 2.24) is 0 Å². The molecule has 18 heavy (non-hydrogen) atoms. The average Bonchev–Trinajstić information content (AvgIpc) is 2.46. The molecule has 0 heterocycles. The topological polar surface area (TPSA) is 18.5 Å². The fourth-order valence-electron chi connectivity index (χ4n) is 1.53. The Bertz CT molecular complexity index is 264. The first-order valence-electron chi connectivity index (χ1n) is 6.86. The first-order chi connectivity index (χ1) is 8.88. The van der Waals surface area contributed by atoms with E-state index in [0.29, 0.717) is 6.61 Å². The van der Waals surface area contributed by atoms with E-state index in [9.17, 15) is 0 Å². The minimum Gasteiger partial charge on any atom is -0.439 e. The molecule has 1 aromatic carbocycles. The molecule has 0 amide bonds. The molecule has 3 heteroatoms. The van der Waals surface area contributed by atoms with E-state index in [1.165, 1.54) is 12.8 Å². The molecule has 0 saturated heterocycles. The van der Waals surface area contributed by atoms with Crippen molar-refractivity contribution in [3.05, 3.63) is 35.9 Å². The molecule has 0 aliphatic rings. The van der Waals surface area contributed by atoms with Gasteiger partial charge >= 0.3 is 0 Å². The molecule has 2 nitrogen and oxygen atoms in total. The molecule has 0 aliphatic heterocycles. The normalized spacial score (nSPS) is 11.5. The van der Waals surface area contributed by atoms with Gasteiger partial charge in [0, 0.05) is 6.61 Å². The van der Waals surface area contributed by atoms with Gasteiger partial charge in [-0.05, 0) is 12.0 Å². The standard InChI is InChI=1S/C13H19BO2.C2H6/c1-2-3-7-10-15-11-13(16-14)12-8-5-4-6-9-12;1-2/h4-6,8-9,13H,2-3,7,10-11H2,1H3;1-2H3. The number of rotatable bonds is 8. The molecular weight excluding hydrogens is 223 g/mol. The second kappa shape index (κ2) is 12.7. The molecule has 2 radical (unpaired) electrons. The van der Waals surface area contributed by atoms with E-state index in [2.05, 4.69) is 6.92 Å². The molecule has 1 rings (SSSR count). The van der Waals surface area contributed by atoms with Crippen molar-refractivity contribution in [2.45, 2.75) is 46.1 Å². The van der Waals surface area contributed by atoms with Crippen LogP contribution < -0.4 is 0 Å². The van der Waals surface area contributed by atoms with Gasteiger partial charge in [-0.25, -0.2) is 0 Å². The minimum atomic E-state index is -0.164. The molecule has 0 saturated carbocycles. The molecule has 100 valence electrons. The first kappa shape index (κ1) is 17.2. The van der Waals surface area contributed by atoms with Gasteiger partial charge in [-0.1, -0.05) is 63.9 Å². The van der Waals surface area contributed by atoms with Crippen LogP contribution in [-0.2, 0) is 9.39 Å². The van der Waals surface area contributed by atoms with Gasteiger partial charge in [0.1, 0.15) is 0 Å². The second-order valence-corrected chi connectivity index (χ2v) is 3.82. The summed E-state index contributed by atoms with van der Waals surface area (Å²) in [6.07, 6.45) is 3.35. The van der Waals surface area contributed by atoms with Crippen LogP contribution in [0.1, 0.15) is 51.7 Å². The number of ether oxygens (including phenoxy) is 1. The van der Waals surface area contributed by atoms with E-state index in [4.69, 9.17) is 17.4 Å². The number of hydrogen-bond donors (Lipinski definition) is 0. The van der Waals surface area contributed by atoms with Gasteiger partial charge in [0.25, 0.3) is 8.05 Å². The highest BCUT2D eigenvalue weighted by atomic mass is 16.5. The van der Waals surface area contributed by atoms with Gasteiger partial charge in [0.15, 0.2) is 0 Å². The molecule has 0 aromatic heterocycles. The Morgan fingerprint density at radius 3 is 2.33 bits per heavy atom. The van der Waals surface area contributed by atoms with E-state index in [1.807, 2.05) is 44.2 Å². The smallest absolute Gasteiger partial charge is 0.283 e. The second-order valence-electron chi connectivity index (χ2n) is 3.82. The van der Waals surface area contributed by atoms with E-state index >= 15 is 0 Å². The Labute approximate surface area is 113 Å². The lowest BCUT2D eigenvalue weighted by molar-refractivity contribution is 0.0521. The Hall–Kier alpha value is -0.795. The van der Waals surface area contributed by atoms with Crippen molar-refractivity contribution in [3.63, 3.8) is 0 Å². The fraction of sp³-hybridized carbons (Fsp3) is 0.600. The Morgan fingerprint density at radius 1 is 1.11 bits per heavy atom. The van der Waals surface area contributed by atoms with Gasteiger partial charge in [-0.3, -0.25) is 0 Å². The van der Waals surface area contributed by atoms with Crippen molar-refractivity contribution >= 4 is 8.05 Å². The quantitative estimate of drug-likeness (QED) is 0.510. The molecular formula is C15H25BO2. The van der Waals surface area contributed by atoms with Crippen molar-refractivity contribution in [2.75, 3.05) is 13.2 Å².